The first-order valence-corrected chi connectivity index (χ1v) is 10.7. The number of amides is 1. The highest BCUT2D eigenvalue weighted by molar-refractivity contribution is 7.17. The van der Waals surface area contributed by atoms with Gasteiger partial charge in [-0.3, -0.25) is 9.59 Å². The number of carbonyl (C=O) groups excluding carboxylic acids is 2. The zero-order valence-corrected chi connectivity index (χ0v) is 17.4. The molecule has 1 amide bonds. The number of carbonyl (C=O) groups is 3. The van der Waals surface area contributed by atoms with Gasteiger partial charge in [-0.15, -0.1) is 11.3 Å². The van der Waals surface area contributed by atoms with E-state index >= 15 is 0 Å². The fraction of sp³-hybridized carbons (Fsp3) is 0.571. The molecule has 0 spiro atoms. The minimum atomic E-state index is -0.955. The van der Waals surface area contributed by atoms with Crippen LogP contribution in [0.15, 0.2) is 11.1 Å². The van der Waals surface area contributed by atoms with Gasteiger partial charge < -0.3 is 15.2 Å². The van der Waals surface area contributed by atoms with Gasteiger partial charge in [-0.25, -0.2) is 4.79 Å². The van der Waals surface area contributed by atoms with Gasteiger partial charge in [-0.2, -0.15) is 0 Å². The molecule has 1 aromatic rings. The number of anilines is 1. The molecule has 2 aliphatic carbocycles. The number of carboxylic acids is 1. The molecule has 1 heterocycles. The second-order valence-corrected chi connectivity index (χ2v) is 8.75. The summed E-state index contributed by atoms with van der Waals surface area (Å²) >= 11 is 1.43. The number of rotatable bonds is 5. The molecule has 2 N–H and O–H groups in total. The van der Waals surface area contributed by atoms with Crippen LogP contribution < -0.4 is 5.32 Å². The van der Waals surface area contributed by atoms with E-state index in [9.17, 15) is 19.5 Å². The van der Waals surface area contributed by atoms with Crippen molar-refractivity contribution < 1.29 is 24.2 Å². The molecular formula is C21H27NO5S. The van der Waals surface area contributed by atoms with Crippen molar-refractivity contribution in [1.82, 2.24) is 0 Å². The summed E-state index contributed by atoms with van der Waals surface area (Å²) in [6, 6.07) is 0. The highest BCUT2D eigenvalue weighted by atomic mass is 32.1. The van der Waals surface area contributed by atoms with Crippen molar-refractivity contribution in [3.05, 3.63) is 27.2 Å². The Kier molecular flexibility index (Phi) is 6.23. The molecule has 6 nitrogen and oxygen atoms in total. The fourth-order valence-electron chi connectivity index (χ4n) is 4.11. The van der Waals surface area contributed by atoms with E-state index in [4.69, 9.17) is 4.74 Å². The molecule has 0 aromatic carbocycles. The lowest BCUT2D eigenvalue weighted by Gasteiger charge is -2.29. The van der Waals surface area contributed by atoms with Crippen LogP contribution >= 0.6 is 11.3 Å². The maximum absolute atomic E-state index is 13.0. The number of fused-ring (bicyclic) bond motifs is 1. The van der Waals surface area contributed by atoms with Crippen LogP contribution in [0.5, 0.6) is 0 Å². The fourth-order valence-corrected chi connectivity index (χ4v) is 5.39. The molecule has 1 aromatic heterocycles. The molecule has 28 heavy (non-hydrogen) atoms. The first-order valence-electron chi connectivity index (χ1n) is 9.84. The summed E-state index contributed by atoms with van der Waals surface area (Å²) < 4.78 is 5.23. The molecule has 152 valence electrons. The van der Waals surface area contributed by atoms with E-state index in [-0.39, 0.29) is 12.5 Å². The largest absolute Gasteiger partial charge is 0.481 e. The van der Waals surface area contributed by atoms with Crippen LogP contribution in [-0.4, -0.2) is 29.6 Å². The Morgan fingerprint density at radius 3 is 2.39 bits per heavy atom. The van der Waals surface area contributed by atoms with Gasteiger partial charge in [0.15, 0.2) is 0 Å². The Bertz CT molecular complexity index is 838. The van der Waals surface area contributed by atoms with Crippen molar-refractivity contribution in [3.8, 4) is 0 Å². The van der Waals surface area contributed by atoms with Crippen LogP contribution in [-0.2, 0) is 27.2 Å². The van der Waals surface area contributed by atoms with Crippen LogP contribution in [0.4, 0.5) is 5.00 Å². The molecule has 0 aliphatic heterocycles. The maximum Gasteiger partial charge on any atom is 0.341 e. The third-order valence-corrected chi connectivity index (χ3v) is 7.02. The molecule has 0 saturated carbocycles. The van der Waals surface area contributed by atoms with E-state index in [2.05, 4.69) is 5.32 Å². The summed E-state index contributed by atoms with van der Waals surface area (Å²) in [6.07, 6.45) is 4.58. The van der Waals surface area contributed by atoms with E-state index in [0.717, 1.165) is 47.3 Å². The Morgan fingerprint density at radius 2 is 1.75 bits per heavy atom. The van der Waals surface area contributed by atoms with Gasteiger partial charge in [-0.05, 0) is 64.9 Å². The van der Waals surface area contributed by atoms with E-state index in [1.54, 1.807) is 6.92 Å². The number of aliphatic carboxylic acids is 1. The van der Waals surface area contributed by atoms with E-state index in [0.29, 0.717) is 23.4 Å². The molecule has 2 atom stereocenters. The lowest BCUT2D eigenvalue weighted by Crippen LogP contribution is -2.36. The quantitative estimate of drug-likeness (QED) is 0.566. The summed E-state index contributed by atoms with van der Waals surface area (Å²) in [6.45, 7) is 5.89. The van der Waals surface area contributed by atoms with Crippen LogP contribution in [0.25, 0.3) is 0 Å². The number of allylic oxidation sites excluding steroid dienone is 2. The van der Waals surface area contributed by atoms with Gasteiger partial charge in [0.25, 0.3) is 0 Å². The van der Waals surface area contributed by atoms with Crippen LogP contribution in [0.1, 0.15) is 67.3 Å². The number of carboxylic acid groups (broad SMARTS) is 1. The van der Waals surface area contributed by atoms with Gasteiger partial charge >= 0.3 is 11.9 Å². The summed E-state index contributed by atoms with van der Waals surface area (Å²) in [5.74, 6) is -3.09. The van der Waals surface area contributed by atoms with Gasteiger partial charge in [0, 0.05) is 4.88 Å². The van der Waals surface area contributed by atoms with E-state index in [1.807, 2.05) is 13.8 Å². The third kappa shape index (κ3) is 3.99. The molecule has 0 fully saturated rings. The number of aryl methyl sites for hydroxylation is 1. The molecule has 0 unspecified atom stereocenters. The van der Waals surface area contributed by atoms with Crippen molar-refractivity contribution in [3.63, 3.8) is 0 Å². The van der Waals surface area contributed by atoms with Crippen molar-refractivity contribution >= 4 is 34.2 Å². The minimum Gasteiger partial charge on any atom is -0.481 e. The summed E-state index contributed by atoms with van der Waals surface area (Å²) in [7, 11) is 0. The minimum absolute atomic E-state index is 0.268. The van der Waals surface area contributed by atoms with Gasteiger partial charge in [0.05, 0.1) is 24.0 Å². The van der Waals surface area contributed by atoms with Gasteiger partial charge in [0.2, 0.25) is 5.91 Å². The zero-order valence-electron chi connectivity index (χ0n) is 16.6. The Hall–Kier alpha value is -2.15. The molecule has 3 rings (SSSR count). The van der Waals surface area contributed by atoms with Gasteiger partial charge in [-0.1, -0.05) is 11.1 Å². The number of hydrogen-bond acceptors (Lipinski definition) is 5. The molecule has 0 bridgehead atoms. The van der Waals surface area contributed by atoms with E-state index < -0.39 is 23.8 Å². The zero-order chi connectivity index (χ0) is 20.4. The number of ether oxygens (including phenoxy) is 1. The highest BCUT2D eigenvalue weighted by Gasteiger charge is 2.38. The van der Waals surface area contributed by atoms with Crippen LogP contribution in [0.2, 0.25) is 0 Å². The third-order valence-electron chi connectivity index (χ3n) is 5.81. The average molecular weight is 406 g/mol. The summed E-state index contributed by atoms with van der Waals surface area (Å²) in [5, 5.41) is 13.0. The maximum atomic E-state index is 13.0. The first-order chi connectivity index (χ1) is 13.3. The Morgan fingerprint density at radius 1 is 1.11 bits per heavy atom. The summed E-state index contributed by atoms with van der Waals surface area (Å²) in [4.78, 5) is 38.4. The summed E-state index contributed by atoms with van der Waals surface area (Å²) in [5.41, 5.74) is 3.54. The van der Waals surface area contributed by atoms with Crippen molar-refractivity contribution in [2.24, 2.45) is 11.8 Å². The predicted octanol–water partition coefficient (Wildman–Crippen LogP) is 4.19. The number of nitrogens with one attached hydrogen (secondary N) is 1. The van der Waals surface area contributed by atoms with Crippen molar-refractivity contribution in [1.29, 1.82) is 0 Å². The normalized spacial score (nSPS) is 21.8. The molecular weight excluding hydrogens is 378 g/mol. The lowest BCUT2D eigenvalue weighted by molar-refractivity contribution is -0.146. The standard InChI is InChI=1S/C21H27NO5S/c1-4-27-21(26)17-13-7-5-6-8-16(13)28-19(17)22-18(23)14-9-11(2)12(3)10-15(14)20(24)25/h14-15H,4-10H2,1-3H3,(H,22,23)(H,24,25)/t14-,15-/m0/s1. The smallest absolute Gasteiger partial charge is 0.341 e. The lowest BCUT2D eigenvalue weighted by atomic mass is 9.76. The number of esters is 1. The van der Waals surface area contributed by atoms with Gasteiger partial charge in [0.1, 0.15) is 5.00 Å². The second kappa shape index (κ2) is 8.47. The molecule has 7 heteroatoms. The predicted molar refractivity (Wildman–Crippen MR) is 108 cm³/mol. The van der Waals surface area contributed by atoms with Crippen molar-refractivity contribution in [2.75, 3.05) is 11.9 Å². The first kappa shape index (κ1) is 20.6. The topological polar surface area (TPSA) is 92.7 Å². The van der Waals surface area contributed by atoms with Crippen LogP contribution in [0.3, 0.4) is 0 Å². The molecule has 0 radical (unpaired) electrons. The second-order valence-electron chi connectivity index (χ2n) is 7.64. The Balaban J connectivity index is 1.90. The average Bonchev–Trinajstić information content (AvgIpc) is 3.01. The molecule has 2 aliphatic rings. The van der Waals surface area contributed by atoms with E-state index in [1.165, 1.54) is 11.3 Å². The monoisotopic (exact) mass is 405 g/mol. The SMILES string of the molecule is CCOC(=O)c1c(NC(=O)[C@H]2CC(C)=C(C)C[C@@H]2C(=O)O)sc2c1CCCC2. The van der Waals surface area contributed by atoms with Crippen molar-refractivity contribution in [2.45, 2.75) is 59.3 Å². The highest BCUT2D eigenvalue weighted by Crippen LogP contribution is 2.40. The Labute approximate surface area is 169 Å². The molecule has 0 saturated heterocycles. The number of hydrogen-bond donors (Lipinski definition) is 2. The van der Waals surface area contributed by atoms with Crippen LogP contribution in [0, 0.1) is 11.8 Å². The number of thiophene rings is 1.